The maximum absolute atomic E-state index is 12.1. The molecule has 23 heavy (non-hydrogen) atoms. The van der Waals surface area contributed by atoms with E-state index >= 15 is 0 Å². The van der Waals surface area contributed by atoms with E-state index in [0.29, 0.717) is 52.4 Å². The van der Waals surface area contributed by atoms with Gasteiger partial charge in [0.25, 0.3) is 0 Å². The largest absolute Gasteiger partial charge is 0.378 e. The van der Waals surface area contributed by atoms with Crippen LogP contribution < -0.4 is 5.32 Å². The summed E-state index contributed by atoms with van der Waals surface area (Å²) in [6, 6.07) is 9.94. The Bertz CT molecular complexity index is 543. The van der Waals surface area contributed by atoms with Crippen molar-refractivity contribution >= 4 is 11.9 Å². The van der Waals surface area contributed by atoms with Gasteiger partial charge in [0.15, 0.2) is 0 Å². The molecule has 124 valence electrons. The maximum atomic E-state index is 12.1. The molecular formula is C17H23N3O3. The number of carbonyl (C=O) groups excluding carboxylic acids is 2. The number of benzene rings is 1. The van der Waals surface area contributed by atoms with E-state index in [1.807, 2.05) is 35.2 Å². The van der Waals surface area contributed by atoms with Gasteiger partial charge in [0.1, 0.15) is 0 Å². The van der Waals surface area contributed by atoms with Crippen LogP contribution in [0.1, 0.15) is 12.0 Å². The lowest BCUT2D eigenvalue weighted by atomic mass is 10.1. The fraction of sp³-hybridized carbons (Fsp3) is 0.529. The van der Waals surface area contributed by atoms with E-state index in [1.54, 1.807) is 4.90 Å². The van der Waals surface area contributed by atoms with Gasteiger partial charge in [-0.2, -0.15) is 0 Å². The fourth-order valence-electron chi connectivity index (χ4n) is 3.06. The second-order valence-corrected chi connectivity index (χ2v) is 6.12. The third-order valence-electron chi connectivity index (χ3n) is 4.35. The number of urea groups is 1. The number of nitrogens with zero attached hydrogens (tertiary/aromatic N) is 2. The minimum Gasteiger partial charge on any atom is -0.378 e. The van der Waals surface area contributed by atoms with Gasteiger partial charge in [0.2, 0.25) is 5.91 Å². The molecule has 1 aromatic carbocycles. The third-order valence-corrected chi connectivity index (χ3v) is 4.35. The highest BCUT2D eigenvalue weighted by molar-refractivity contribution is 5.79. The zero-order valence-electron chi connectivity index (χ0n) is 13.2. The van der Waals surface area contributed by atoms with E-state index in [4.69, 9.17) is 4.74 Å². The summed E-state index contributed by atoms with van der Waals surface area (Å²) in [5, 5.41) is 2.95. The van der Waals surface area contributed by atoms with Crippen LogP contribution in [0.2, 0.25) is 0 Å². The molecule has 2 fully saturated rings. The Morgan fingerprint density at radius 2 is 1.96 bits per heavy atom. The topological polar surface area (TPSA) is 61.9 Å². The Balaban J connectivity index is 1.45. The Morgan fingerprint density at radius 1 is 1.22 bits per heavy atom. The van der Waals surface area contributed by atoms with Gasteiger partial charge >= 0.3 is 6.03 Å². The van der Waals surface area contributed by atoms with Crippen molar-refractivity contribution in [3.8, 4) is 0 Å². The van der Waals surface area contributed by atoms with Gasteiger partial charge in [-0.05, 0) is 5.56 Å². The standard InChI is InChI=1S/C17H23N3O3/c21-16-10-15(11-18-17(22)19-6-8-23-9-7-19)13-20(16)12-14-4-2-1-3-5-14/h1-5,15H,6-13H2,(H,18,22). The maximum Gasteiger partial charge on any atom is 0.317 e. The van der Waals surface area contributed by atoms with E-state index in [2.05, 4.69) is 5.32 Å². The summed E-state index contributed by atoms with van der Waals surface area (Å²) in [6.45, 7) is 4.36. The monoisotopic (exact) mass is 317 g/mol. The SMILES string of the molecule is O=C1CC(CNC(=O)N2CCOCC2)CN1Cc1ccccc1. The average molecular weight is 317 g/mol. The molecule has 3 rings (SSSR count). The summed E-state index contributed by atoms with van der Waals surface area (Å²) < 4.78 is 5.24. The molecule has 0 spiro atoms. The van der Waals surface area contributed by atoms with Crippen molar-refractivity contribution in [2.24, 2.45) is 5.92 Å². The van der Waals surface area contributed by atoms with E-state index in [0.717, 1.165) is 5.56 Å². The van der Waals surface area contributed by atoms with Crippen LogP contribution in [0, 0.1) is 5.92 Å². The van der Waals surface area contributed by atoms with E-state index in [-0.39, 0.29) is 17.9 Å². The minimum absolute atomic E-state index is 0.0535. The lowest BCUT2D eigenvalue weighted by Crippen LogP contribution is -2.47. The molecule has 1 unspecified atom stereocenters. The highest BCUT2D eigenvalue weighted by atomic mass is 16.5. The lowest BCUT2D eigenvalue weighted by Gasteiger charge is -2.27. The van der Waals surface area contributed by atoms with Crippen molar-refractivity contribution in [1.29, 1.82) is 0 Å². The molecule has 3 amide bonds. The summed E-state index contributed by atoms with van der Waals surface area (Å²) in [6.07, 6.45) is 0.510. The minimum atomic E-state index is -0.0535. The van der Waals surface area contributed by atoms with Crippen molar-refractivity contribution in [2.75, 3.05) is 39.4 Å². The molecule has 0 saturated carbocycles. The van der Waals surface area contributed by atoms with Crippen molar-refractivity contribution in [1.82, 2.24) is 15.1 Å². The van der Waals surface area contributed by atoms with Crippen molar-refractivity contribution < 1.29 is 14.3 Å². The summed E-state index contributed by atoms with van der Waals surface area (Å²) in [5.41, 5.74) is 1.14. The first kappa shape index (κ1) is 15.8. The van der Waals surface area contributed by atoms with Gasteiger partial charge in [-0.25, -0.2) is 4.79 Å². The van der Waals surface area contributed by atoms with Gasteiger partial charge in [0, 0.05) is 45.1 Å². The number of likely N-dealkylation sites (tertiary alicyclic amines) is 1. The van der Waals surface area contributed by atoms with Crippen molar-refractivity contribution in [3.05, 3.63) is 35.9 Å². The Kier molecular flexibility index (Phi) is 5.12. The zero-order valence-corrected chi connectivity index (χ0v) is 13.2. The molecule has 2 heterocycles. The van der Waals surface area contributed by atoms with Crippen LogP contribution in [0.15, 0.2) is 30.3 Å². The van der Waals surface area contributed by atoms with Gasteiger partial charge in [-0.1, -0.05) is 30.3 Å². The molecule has 6 nitrogen and oxygen atoms in total. The number of nitrogens with one attached hydrogen (secondary N) is 1. The van der Waals surface area contributed by atoms with E-state index in [1.165, 1.54) is 0 Å². The fourth-order valence-corrected chi connectivity index (χ4v) is 3.06. The zero-order chi connectivity index (χ0) is 16.1. The average Bonchev–Trinajstić information content (AvgIpc) is 2.94. The number of hydrogen-bond donors (Lipinski definition) is 1. The first-order chi connectivity index (χ1) is 11.2. The van der Waals surface area contributed by atoms with Gasteiger partial charge in [-0.3, -0.25) is 4.79 Å². The predicted molar refractivity (Wildman–Crippen MR) is 85.8 cm³/mol. The molecule has 1 aromatic rings. The van der Waals surface area contributed by atoms with Crippen molar-refractivity contribution in [3.63, 3.8) is 0 Å². The normalized spacial score (nSPS) is 21.6. The quantitative estimate of drug-likeness (QED) is 0.904. The van der Waals surface area contributed by atoms with Crippen LogP contribution in [0.4, 0.5) is 4.79 Å². The molecule has 2 aliphatic heterocycles. The number of hydrogen-bond acceptors (Lipinski definition) is 3. The Morgan fingerprint density at radius 3 is 2.70 bits per heavy atom. The smallest absolute Gasteiger partial charge is 0.317 e. The number of amides is 3. The summed E-state index contributed by atoms with van der Waals surface area (Å²) in [5.74, 6) is 0.357. The van der Waals surface area contributed by atoms with Crippen LogP contribution >= 0.6 is 0 Å². The number of rotatable bonds is 4. The Labute approximate surface area is 136 Å². The molecule has 1 N–H and O–H groups in total. The molecular weight excluding hydrogens is 294 g/mol. The summed E-state index contributed by atoms with van der Waals surface area (Å²) >= 11 is 0. The molecule has 1 atom stereocenters. The summed E-state index contributed by atoms with van der Waals surface area (Å²) in [4.78, 5) is 27.8. The molecule has 2 aliphatic rings. The lowest BCUT2D eigenvalue weighted by molar-refractivity contribution is -0.128. The van der Waals surface area contributed by atoms with E-state index < -0.39 is 0 Å². The number of ether oxygens (including phenoxy) is 1. The molecule has 0 bridgehead atoms. The Hall–Kier alpha value is -2.08. The first-order valence-electron chi connectivity index (χ1n) is 8.14. The highest BCUT2D eigenvalue weighted by Gasteiger charge is 2.30. The molecule has 0 aliphatic carbocycles. The third kappa shape index (κ3) is 4.22. The molecule has 0 aromatic heterocycles. The van der Waals surface area contributed by atoms with Crippen molar-refractivity contribution in [2.45, 2.75) is 13.0 Å². The van der Waals surface area contributed by atoms with Crippen LogP contribution in [0.3, 0.4) is 0 Å². The van der Waals surface area contributed by atoms with Crippen LogP contribution in [-0.4, -0.2) is 61.1 Å². The highest BCUT2D eigenvalue weighted by Crippen LogP contribution is 2.19. The second kappa shape index (κ2) is 7.46. The first-order valence-corrected chi connectivity index (χ1v) is 8.14. The van der Waals surface area contributed by atoms with E-state index in [9.17, 15) is 9.59 Å². The second-order valence-electron chi connectivity index (χ2n) is 6.12. The van der Waals surface area contributed by atoms with Gasteiger partial charge in [-0.15, -0.1) is 0 Å². The van der Waals surface area contributed by atoms with Crippen LogP contribution in [0.5, 0.6) is 0 Å². The van der Waals surface area contributed by atoms with Gasteiger partial charge in [0.05, 0.1) is 13.2 Å². The number of carbonyl (C=O) groups is 2. The van der Waals surface area contributed by atoms with Gasteiger partial charge < -0.3 is 19.9 Å². The molecule has 2 saturated heterocycles. The summed E-state index contributed by atoms with van der Waals surface area (Å²) in [7, 11) is 0. The predicted octanol–water partition coefficient (Wildman–Crippen LogP) is 1.08. The molecule has 0 radical (unpaired) electrons. The number of morpholine rings is 1. The van der Waals surface area contributed by atoms with Crippen LogP contribution in [-0.2, 0) is 16.1 Å². The van der Waals surface area contributed by atoms with Crippen LogP contribution in [0.25, 0.3) is 0 Å². The molecule has 6 heteroatoms.